The van der Waals surface area contributed by atoms with Crippen molar-refractivity contribution in [3.8, 4) is 5.69 Å². The van der Waals surface area contributed by atoms with Crippen molar-refractivity contribution in [2.75, 3.05) is 6.54 Å². The molecule has 0 radical (unpaired) electrons. The maximum atomic E-state index is 4.51. The molecule has 1 aromatic carbocycles. The molecular formula is C13H15IN6. The summed E-state index contributed by atoms with van der Waals surface area (Å²) in [5.41, 5.74) is 9.05. The van der Waals surface area contributed by atoms with Gasteiger partial charge in [-0.2, -0.15) is 5.10 Å². The Morgan fingerprint density at radius 3 is 2.85 bits per heavy atom. The average Bonchev–Trinajstić information content (AvgIpc) is 3.05. The molecule has 20 heavy (non-hydrogen) atoms. The molecule has 0 saturated heterocycles. The quantitative estimate of drug-likeness (QED) is 0.795. The van der Waals surface area contributed by atoms with Gasteiger partial charge < -0.3 is 0 Å². The second kappa shape index (κ2) is 5.41. The van der Waals surface area contributed by atoms with Crippen molar-refractivity contribution >= 4 is 28.4 Å². The molecule has 2 heterocycles. The van der Waals surface area contributed by atoms with E-state index in [0.717, 1.165) is 27.3 Å². The molecule has 104 valence electrons. The molecule has 0 saturated carbocycles. The molecule has 0 unspecified atom stereocenters. The lowest BCUT2D eigenvalue weighted by atomic mass is 10.2. The number of nitrogens with one attached hydrogen (secondary N) is 2. The van der Waals surface area contributed by atoms with Gasteiger partial charge in [-0.15, -0.1) is 10.6 Å². The second-order valence-corrected chi connectivity index (χ2v) is 5.47. The van der Waals surface area contributed by atoms with Crippen LogP contribution in [0, 0.1) is 10.6 Å². The molecular weight excluding hydrogens is 367 g/mol. The summed E-state index contributed by atoms with van der Waals surface area (Å²) in [7, 11) is 0. The van der Waals surface area contributed by atoms with Crippen molar-refractivity contribution in [2.45, 2.75) is 13.8 Å². The molecule has 0 amide bonds. The summed E-state index contributed by atoms with van der Waals surface area (Å²) >= 11 is 2.31. The Kier molecular flexibility index (Phi) is 3.62. The Morgan fingerprint density at radius 1 is 1.30 bits per heavy atom. The third-order valence-corrected chi connectivity index (χ3v) is 4.25. The Bertz CT molecular complexity index is 663. The summed E-state index contributed by atoms with van der Waals surface area (Å²) in [4.78, 5) is 0. The molecule has 0 atom stereocenters. The van der Waals surface area contributed by atoms with Crippen LogP contribution in [0.1, 0.15) is 18.1 Å². The van der Waals surface area contributed by atoms with E-state index in [-0.39, 0.29) is 0 Å². The van der Waals surface area contributed by atoms with Gasteiger partial charge in [0, 0.05) is 6.54 Å². The van der Waals surface area contributed by atoms with E-state index in [0.29, 0.717) is 0 Å². The molecule has 7 heteroatoms. The first-order chi connectivity index (χ1) is 9.72. The summed E-state index contributed by atoms with van der Waals surface area (Å²) in [6.45, 7) is 4.97. The van der Waals surface area contributed by atoms with Gasteiger partial charge in [0.25, 0.3) is 0 Å². The number of hydrogen-bond acceptors (Lipinski definition) is 5. The topological polar surface area (TPSA) is 57.5 Å². The average molecular weight is 382 g/mol. The molecule has 2 aromatic rings. The number of hydrogen-bond donors (Lipinski definition) is 2. The van der Waals surface area contributed by atoms with Crippen molar-refractivity contribution in [3.63, 3.8) is 0 Å². The zero-order chi connectivity index (χ0) is 14.1. The first-order valence-electron chi connectivity index (χ1n) is 6.38. The van der Waals surface area contributed by atoms with Gasteiger partial charge in [0.1, 0.15) is 3.70 Å². The summed E-state index contributed by atoms with van der Waals surface area (Å²) in [5, 5.41) is 10.7. The van der Waals surface area contributed by atoms with Gasteiger partial charge in [-0.05, 0) is 48.1 Å². The van der Waals surface area contributed by atoms with Crippen molar-refractivity contribution in [3.05, 3.63) is 45.3 Å². The van der Waals surface area contributed by atoms with E-state index in [9.17, 15) is 0 Å². The van der Waals surface area contributed by atoms with E-state index in [4.69, 9.17) is 0 Å². The number of aryl methyl sites for hydroxylation is 1. The van der Waals surface area contributed by atoms with Crippen LogP contribution in [-0.4, -0.2) is 27.2 Å². The minimum absolute atomic E-state index is 0.817. The van der Waals surface area contributed by atoms with Crippen LogP contribution in [0.2, 0.25) is 0 Å². The van der Waals surface area contributed by atoms with E-state index in [1.54, 1.807) is 0 Å². The summed E-state index contributed by atoms with van der Waals surface area (Å²) in [5.74, 6) is 0.858. The third-order valence-electron chi connectivity index (χ3n) is 3.21. The number of benzene rings is 1. The Balaban J connectivity index is 2.04. The largest absolute Gasteiger partial charge is 0.271 e. The first kappa shape index (κ1) is 13.4. The number of hydrazone groups is 1. The molecule has 6 nitrogen and oxygen atoms in total. The summed E-state index contributed by atoms with van der Waals surface area (Å²) in [6, 6.07) is 8.21. The number of para-hydroxylation sites is 1. The van der Waals surface area contributed by atoms with Crippen molar-refractivity contribution in [2.24, 2.45) is 5.10 Å². The molecule has 2 N–H and O–H groups in total. The first-order valence-corrected chi connectivity index (χ1v) is 7.46. The lowest BCUT2D eigenvalue weighted by molar-refractivity contribution is 0.308. The van der Waals surface area contributed by atoms with Gasteiger partial charge >= 0.3 is 0 Å². The fourth-order valence-electron chi connectivity index (χ4n) is 2.14. The molecule has 3 rings (SSSR count). The lowest BCUT2D eigenvalue weighted by Gasteiger charge is -2.15. The van der Waals surface area contributed by atoms with E-state index in [2.05, 4.69) is 69.8 Å². The maximum Gasteiger partial charge on any atom is 0.177 e. The van der Waals surface area contributed by atoms with Crippen molar-refractivity contribution in [1.82, 2.24) is 25.9 Å². The van der Waals surface area contributed by atoms with E-state index < -0.39 is 0 Å². The van der Waals surface area contributed by atoms with Crippen LogP contribution in [-0.2, 0) is 0 Å². The highest BCUT2D eigenvalue weighted by Gasteiger charge is 2.23. The highest BCUT2D eigenvalue weighted by Crippen LogP contribution is 2.21. The van der Waals surface area contributed by atoms with Crippen LogP contribution in [0.3, 0.4) is 0 Å². The SMILES string of the molecule is CCN1NNN=C1c1cnn(-c2ccccc2C)c1I. The maximum absolute atomic E-state index is 4.51. The van der Waals surface area contributed by atoms with Gasteiger partial charge in [0.2, 0.25) is 0 Å². The highest BCUT2D eigenvalue weighted by molar-refractivity contribution is 14.1. The number of aromatic nitrogens is 2. The molecule has 0 aliphatic carbocycles. The number of amidine groups is 1. The summed E-state index contributed by atoms with van der Waals surface area (Å²) in [6.07, 6.45) is 1.85. The smallest absolute Gasteiger partial charge is 0.177 e. The second-order valence-electron chi connectivity index (χ2n) is 4.45. The van der Waals surface area contributed by atoms with Crippen molar-refractivity contribution < 1.29 is 0 Å². The van der Waals surface area contributed by atoms with Crippen LogP contribution in [0.15, 0.2) is 35.6 Å². The molecule has 0 bridgehead atoms. The minimum atomic E-state index is 0.817. The van der Waals surface area contributed by atoms with Gasteiger partial charge in [-0.1, -0.05) is 18.2 Å². The number of halogens is 1. The van der Waals surface area contributed by atoms with E-state index in [1.165, 1.54) is 5.56 Å². The standard InChI is InChI=1S/C13H15IN6/c1-3-19-13(16-17-18-19)10-8-15-20(12(10)14)11-7-5-4-6-9(11)2/h4-8,17-18H,3H2,1-2H3. The Morgan fingerprint density at radius 2 is 2.10 bits per heavy atom. The highest BCUT2D eigenvalue weighted by atomic mass is 127. The molecule has 0 spiro atoms. The normalized spacial score (nSPS) is 14.3. The number of hydrazine groups is 2. The third kappa shape index (κ3) is 2.16. The van der Waals surface area contributed by atoms with Gasteiger partial charge in [0.05, 0.1) is 17.4 Å². The van der Waals surface area contributed by atoms with Crippen LogP contribution >= 0.6 is 22.6 Å². The van der Waals surface area contributed by atoms with Crippen LogP contribution in [0.25, 0.3) is 5.69 Å². The number of nitrogens with zero attached hydrogens (tertiary/aromatic N) is 4. The fraction of sp³-hybridized carbons (Fsp3) is 0.231. The van der Waals surface area contributed by atoms with Crippen LogP contribution in [0.4, 0.5) is 0 Å². The predicted molar refractivity (Wildman–Crippen MR) is 86.2 cm³/mol. The minimum Gasteiger partial charge on any atom is -0.271 e. The van der Waals surface area contributed by atoms with Crippen molar-refractivity contribution in [1.29, 1.82) is 0 Å². The summed E-state index contributed by atoms with van der Waals surface area (Å²) < 4.78 is 2.99. The molecule has 0 fully saturated rings. The monoisotopic (exact) mass is 382 g/mol. The number of rotatable bonds is 3. The van der Waals surface area contributed by atoms with Gasteiger partial charge in [-0.3, -0.25) is 5.01 Å². The Labute approximate surface area is 130 Å². The molecule has 1 aliphatic heterocycles. The zero-order valence-corrected chi connectivity index (χ0v) is 13.4. The fourth-order valence-corrected chi connectivity index (χ4v) is 2.90. The zero-order valence-electron chi connectivity index (χ0n) is 11.3. The van der Waals surface area contributed by atoms with Gasteiger partial charge in [0.15, 0.2) is 5.84 Å². The predicted octanol–water partition coefficient (Wildman–Crippen LogP) is 1.79. The van der Waals surface area contributed by atoms with Gasteiger partial charge in [-0.25, -0.2) is 10.2 Å². The van der Waals surface area contributed by atoms with E-state index >= 15 is 0 Å². The molecule has 1 aromatic heterocycles. The van der Waals surface area contributed by atoms with Crippen LogP contribution in [0.5, 0.6) is 0 Å². The van der Waals surface area contributed by atoms with Crippen LogP contribution < -0.4 is 11.1 Å². The lowest BCUT2D eigenvalue weighted by Crippen LogP contribution is -2.41. The Hall–Kier alpha value is -1.61. The molecule has 1 aliphatic rings. The van der Waals surface area contributed by atoms with E-state index in [1.807, 2.05) is 28.0 Å².